The molecule has 2 N–H and O–H groups in total. The first-order chi connectivity index (χ1) is 8.84. The van der Waals surface area contributed by atoms with Gasteiger partial charge in [-0.25, -0.2) is 8.78 Å². The number of aryl methyl sites for hydroxylation is 1. The molecule has 2 rings (SSSR count). The fourth-order valence-corrected chi connectivity index (χ4v) is 2.10. The molecule has 1 amide bonds. The van der Waals surface area contributed by atoms with Gasteiger partial charge in [-0.05, 0) is 36.6 Å². The second kappa shape index (κ2) is 4.71. The molecule has 7 heteroatoms. The van der Waals surface area contributed by atoms with Gasteiger partial charge in [-0.1, -0.05) is 0 Å². The molecule has 0 unspecified atom stereocenters. The number of hydrogen-bond donors (Lipinski definition) is 1. The summed E-state index contributed by atoms with van der Waals surface area (Å²) in [5.41, 5.74) is 6.85. The summed E-state index contributed by atoms with van der Waals surface area (Å²) in [5, 5.41) is 0. The lowest BCUT2D eigenvalue weighted by Gasteiger charge is -2.32. The normalized spacial score (nSPS) is 15.5. The number of alkyl halides is 4. The van der Waals surface area contributed by atoms with Gasteiger partial charge in [-0.15, -0.1) is 0 Å². The Bertz CT molecular complexity index is 505. The van der Waals surface area contributed by atoms with Gasteiger partial charge < -0.3 is 10.6 Å². The minimum absolute atomic E-state index is 0.00192. The number of fused-ring (bicyclic) bond motifs is 1. The molecule has 1 aliphatic heterocycles. The van der Waals surface area contributed by atoms with Crippen LogP contribution in [0, 0.1) is 0 Å². The lowest BCUT2D eigenvalue weighted by atomic mass is 10.0. The highest BCUT2D eigenvalue weighted by molar-refractivity contribution is 5.99. The zero-order valence-corrected chi connectivity index (χ0v) is 9.88. The number of anilines is 2. The van der Waals surface area contributed by atoms with E-state index in [1.165, 1.54) is 12.1 Å². The maximum Gasteiger partial charge on any atom is 0.384 e. The van der Waals surface area contributed by atoms with Crippen LogP contribution in [0.25, 0.3) is 0 Å². The van der Waals surface area contributed by atoms with Crippen LogP contribution in [0.3, 0.4) is 0 Å². The average Bonchev–Trinajstić information content (AvgIpc) is 2.36. The van der Waals surface area contributed by atoms with Gasteiger partial charge in [-0.3, -0.25) is 4.79 Å². The van der Waals surface area contributed by atoms with E-state index < -0.39 is 18.3 Å². The molecule has 19 heavy (non-hydrogen) atoms. The molecule has 1 aromatic rings. The number of carbonyl (C=O) groups excluding carboxylic acids is 1. The molecule has 104 valence electrons. The molecule has 0 radical (unpaired) electrons. The minimum Gasteiger partial charge on any atom is -0.399 e. The van der Waals surface area contributed by atoms with E-state index in [4.69, 9.17) is 5.73 Å². The summed E-state index contributed by atoms with van der Waals surface area (Å²) in [6, 6.07) is 4.42. The second-order valence-electron chi connectivity index (χ2n) is 4.37. The Hall–Kier alpha value is -1.79. The minimum atomic E-state index is -4.67. The zero-order valence-electron chi connectivity index (χ0n) is 9.88. The molecule has 3 nitrogen and oxygen atoms in total. The van der Waals surface area contributed by atoms with Crippen molar-refractivity contribution in [3.63, 3.8) is 0 Å². The van der Waals surface area contributed by atoms with Crippen molar-refractivity contribution in [3.8, 4) is 0 Å². The quantitative estimate of drug-likeness (QED) is 0.666. The van der Waals surface area contributed by atoms with Crippen molar-refractivity contribution in [2.24, 2.45) is 0 Å². The van der Waals surface area contributed by atoms with Crippen LogP contribution in [-0.4, -0.2) is 24.8 Å². The average molecular weight is 276 g/mol. The summed E-state index contributed by atoms with van der Waals surface area (Å²) in [7, 11) is 0. The molecule has 0 aliphatic carbocycles. The van der Waals surface area contributed by atoms with E-state index in [-0.39, 0.29) is 12.2 Å². The molecular weight excluding hydrogens is 264 g/mol. The summed E-state index contributed by atoms with van der Waals surface area (Å²) in [6.07, 6.45) is -3.01. The number of nitrogen functional groups attached to an aromatic ring is 1. The van der Waals surface area contributed by atoms with Crippen LogP contribution in [0.5, 0.6) is 0 Å². The van der Waals surface area contributed by atoms with Gasteiger partial charge in [0.25, 0.3) is 0 Å². The first-order valence-electron chi connectivity index (χ1n) is 5.70. The van der Waals surface area contributed by atoms with E-state index in [0.29, 0.717) is 29.0 Å². The molecular formula is C12H12F4N2O. The van der Waals surface area contributed by atoms with Crippen LogP contribution in [0.2, 0.25) is 0 Å². The number of nitrogens with two attached hydrogens (primary N) is 1. The molecule has 0 bridgehead atoms. The SMILES string of the molecule is Nc1ccc2c(c1)CCCN2C(=O)C(F)(F)C(F)F. The number of halogens is 4. The summed E-state index contributed by atoms with van der Waals surface area (Å²) >= 11 is 0. The van der Waals surface area contributed by atoms with Crippen molar-refractivity contribution >= 4 is 17.3 Å². The van der Waals surface area contributed by atoms with Gasteiger partial charge in [0.05, 0.1) is 0 Å². The van der Waals surface area contributed by atoms with Gasteiger partial charge in [0.2, 0.25) is 0 Å². The largest absolute Gasteiger partial charge is 0.399 e. The predicted octanol–water partition coefficient (Wildman–Crippen LogP) is 2.45. The molecule has 0 atom stereocenters. The lowest BCUT2D eigenvalue weighted by molar-refractivity contribution is -0.166. The predicted molar refractivity (Wildman–Crippen MR) is 62.5 cm³/mol. The number of amides is 1. The molecule has 1 heterocycles. The highest BCUT2D eigenvalue weighted by atomic mass is 19.3. The third-order valence-corrected chi connectivity index (χ3v) is 3.03. The van der Waals surface area contributed by atoms with E-state index in [1.807, 2.05) is 0 Å². The zero-order chi connectivity index (χ0) is 14.2. The van der Waals surface area contributed by atoms with Gasteiger partial charge in [0, 0.05) is 17.9 Å². The fraction of sp³-hybridized carbons (Fsp3) is 0.417. The Labute approximate surface area is 107 Å². The highest BCUT2D eigenvalue weighted by Gasteiger charge is 2.51. The van der Waals surface area contributed by atoms with Crippen LogP contribution < -0.4 is 10.6 Å². The van der Waals surface area contributed by atoms with E-state index >= 15 is 0 Å². The number of carbonyl (C=O) groups is 1. The highest BCUT2D eigenvalue weighted by Crippen LogP contribution is 2.33. The van der Waals surface area contributed by atoms with E-state index in [9.17, 15) is 22.4 Å². The van der Waals surface area contributed by atoms with Crippen LogP contribution >= 0.6 is 0 Å². The Morgan fingerprint density at radius 1 is 1.37 bits per heavy atom. The number of rotatable bonds is 2. The monoisotopic (exact) mass is 276 g/mol. The van der Waals surface area contributed by atoms with Gasteiger partial charge in [-0.2, -0.15) is 8.78 Å². The molecule has 0 saturated heterocycles. The van der Waals surface area contributed by atoms with Crippen molar-refractivity contribution < 1.29 is 22.4 Å². The third-order valence-electron chi connectivity index (χ3n) is 3.03. The number of nitrogens with zero attached hydrogens (tertiary/aromatic N) is 1. The Balaban J connectivity index is 2.37. The first-order valence-corrected chi connectivity index (χ1v) is 5.70. The van der Waals surface area contributed by atoms with Crippen LogP contribution in [-0.2, 0) is 11.2 Å². The van der Waals surface area contributed by atoms with Gasteiger partial charge >= 0.3 is 18.3 Å². The van der Waals surface area contributed by atoms with Crippen molar-refractivity contribution in [2.45, 2.75) is 25.2 Å². The summed E-state index contributed by atoms with van der Waals surface area (Å²) < 4.78 is 50.7. The smallest absolute Gasteiger partial charge is 0.384 e. The van der Waals surface area contributed by atoms with Crippen LogP contribution in [0.4, 0.5) is 28.9 Å². The van der Waals surface area contributed by atoms with Gasteiger partial charge in [0.15, 0.2) is 0 Å². The lowest BCUT2D eigenvalue weighted by Crippen LogP contribution is -2.49. The summed E-state index contributed by atoms with van der Waals surface area (Å²) in [6.45, 7) is -0.00192. The topological polar surface area (TPSA) is 46.3 Å². The number of benzene rings is 1. The van der Waals surface area contributed by atoms with E-state index in [2.05, 4.69) is 0 Å². The fourth-order valence-electron chi connectivity index (χ4n) is 2.10. The van der Waals surface area contributed by atoms with Crippen LogP contribution in [0.15, 0.2) is 18.2 Å². The standard InChI is InChI=1S/C12H12F4N2O/c13-10(14)12(15,16)11(19)18-5-1-2-7-6-8(17)3-4-9(7)18/h3-4,6,10H,1-2,5,17H2. The third kappa shape index (κ3) is 2.36. The first kappa shape index (κ1) is 13.6. The maximum absolute atomic E-state index is 13.1. The molecule has 0 spiro atoms. The molecule has 0 aromatic heterocycles. The van der Waals surface area contributed by atoms with Crippen molar-refractivity contribution in [2.75, 3.05) is 17.2 Å². The maximum atomic E-state index is 13.1. The van der Waals surface area contributed by atoms with Crippen molar-refractivity contribution in [3.05, 3.63) is 23.8 Å². The van der Waals surface area contributed by atoms with E-state index in [0.717, 1.165) is 0 Å². The van der Waals surface area contributed by atoms with E-state index in [1.54, 1.807) is 6.07 Å². The Morgan fingerprint density at radius 3 is 2.68 bits per heavy atom. The molecule has 0 saturated carbocycles. The second-order valence-corrected chi connectivity index (χ2v) is 4.37. The molecule has 1 aromatic carbocycles. The Morgan fingerprint density at radius 2 is 2.05 bits per heavy atom. The molecule has 0 fully saturated rings. The van der Waals surface area contributed by atoms with Crippen LogP contribution in [0.1, 0.15) is 12.0 Å². The van der Waals surface area contributed by atoms with Crippen molar-refractivity contribution in [1.82, 2.24) is 0 Å². The van der Waals surface area contributed by atoms with Gasteiger partial charge in [0.1, 0.15) is 0 Å². The molecule has 1 aliphatic rings. The Kier molecular flexibility index (Phi) is 3.38. The summed E-state index contributed by atoms with van der Waals surface area (Å²) in [5.74, 6) is -6.54. The number of hydrogen-bond acceptors (Lipinski definition) is 2. The summed E-state index contributed by atoms with van der Waals surface area (Å²) in [4.78, 5) is 12.3. The van der Waals surface area contributed by atoms with Crippen molar-refractivity contribution in [1.29, 1.82) is 0 Å².